The fraction of sp³-hybridized carbons (Fsp3) is 0.100. The normalized spacial score (nSPS) is 11.7. The monoisotopic (exact) mass is 346 g/mol. The summed E-state index contributed by atoms with van der Waals surface area (Å²) in [6.07, 6.45) is 1.94. The van der Waals surface area contributed by atoms with Gasteiger partial charge in [-0.1, -0.05) is 36.3 Å². The second-order valence-electron chi connectivity index (χ2n) is 4.80. The van der Waals surface area contributed by atoms with Crippen molar-refractivity contribution in [3.05, 3.63) is 96.1 Å². The van der Waals surface area contributed by atoms with Crippen LogP contribution in [-0.4, -0.2) is 16.8 Å². The Hall–Kier alpha value is -2.24. The molecule has 118 valence electrons. The molecule has 0 radical (unpaired) electrons. The minimum absolute atomic E-state index is 0. The summed E-state index contributed by atoms with van der Waals surface area (Å²) in [5.41, 5.74) is 0.905. The third kappa shape index (κ3) is 4.61. The molecule has 2 nitrogen and oxygen atoms in total. The third-order valence-electron chi connectivity index (χ3n) is 3.48. The standard InChI is InChI=1S/C15H13O2.C5H5.Fe/c16-11-10-15(12-17,14-8-4-5-9-14)13-6-2-1-3-7-13;1-2-4-5-3-1;/h1-9,16-17H,12H2;1-5H;/q2*-1;+2. The summed E-state index contributed by atoms with van der Waals surface area (Å²) in [6, 6.07) is 27.1. The minimum Gasteiger partial charge on any atom is -0.462 e. The quantitative estimate of drug-likeness (QED) is 0.433. The number of rotatable bonds is 3. The molecular weight excluding hydrogens is 328 g/mol. The molecule has 3 aromatic rings. The maximum absolute atomic E-state index is 9.72. The van der Waals surface area contributed by atoms with E-state index in [0.29, 0.717) is 0 Å². The van der Waals surface area contributed by atoms with Crippen molar-refractivity contribution in [1.82, 2.24) is 0 Å². The molecule has 1 unspecified atom stereocenters. The first kappa shape index (κ1) is 18.8. The van der Waals surface area contributed by atoms with Crippen molar-refractivity contribution >= 4 is 0 Å². The van der Waals surface area contributed by atoms with E-state index in [1.165, 1.54) is 0 Å². The Morgan fingerprint density at radius 1 is 0.957 bits per heavy atom. The third-order valence-corrected chi connectivity index (χ3v) is 3.48. The Kier molecular flexibility index (Phi) is 7.94. The van der Waals surface area contributed by atoms with Crippen molar-refractivity contribution in [2.45, 2.75) is 5.41 Å². The number of hydrogen-bond donors (Lipinski definition) is 2. The van der Waals surface area contributed by atoms with Crippen LogP contribution in [0.1, 0.15) is 11.1 Å². The number of hydrogen-bond acceptors (Lipinski definition) is 2. The molecule has 0 saturated heterocycles. The molecule has 1 atom stereocenters. The fourth-order valence-electron chi connectivity index (χ4n) is 2.33. The van der Waals surface area contributed by atoms with Gasteiger partial charge in [-0.2, -0.15) is 30.3 Å². The fourth-order valence-corrected chi connectivity index (χ4v) is 2.33. The maximum atomic E-state index is 9.72. The predicted octanol–water partition coefficient (Wildman–Crippen LogP) is 3.42. The molecule has 0 aliphatic rings. The molecule has 3 heteroatoms. The largest absolute Gasteiger partial charge is 2.00 e. The van der Waals surface area contributed by atoms with Crippen LogP contribution in [0.5, 0.6) is 0 Å². The van der Waals surface area contributed by atoms with Gasteiger partial charge in [0.05, 0.1) is 12.0 Å². The number of aliphatic hydroxyl groups is 2. The van der Waals surface area contributed by atoms with Crippen molar-refractivity contribution in [1.29, 1.82) is 0 Å². The van der Waals surface area contributed by atoms with Gasteiger partial charge in [0.15, 0.2) is 0 Å². The molecule has 23 heavy (non-hydrogen) atoms. The van der Waals surface area contributed by atoms with E-state index in [9.17, 15) is 5.11 Å². The Labute approximate surface area is 147 Å². The van der Waals surface area contributed by atoms with Gasteiger partial charge in [-0.3, -0.25) is 0 Å². The van der Waals surface area contributed by atoms with Gasteiger partial charge in [0.25, 0.3) is 0 Å². The van der Waals surface area contributed by atoms with Gasteiger partial charge in [0, 0.05) is 0 Å². The molecule has 0 bridgehead atoms. The summed E-state index contributed by atoms with van der Waals surface area (Å²) < 4.78 is 0. The molecule has 0 spiro atoms. The van der Waals surface area contributed by atoms with Gasteiger partial charge in [0.2, 0.25) is 0 Å². The van der Waals surface area contributed by atoms with Gasteiger partial charge >= 0.3 is 17.1 Å². The molecule has 2 N–H and O–H groups in total. The van der Waals surface area contributed by atoms with E-state index in [1.54, 1.807) is 0 Å². The van der Waals surface area contributed by atoms with Gasteiger partial charge < -0.3 is 10.2 Å². The first-order chi connectivity index (χ1) is 10.8. The van der Waals surface area contributed by atoms with Crippen LogP contribution in [0.2, 0.25) is 0 Å². The molecule has 0 aliphatic carbocycles. The van der Waals surface area contributed by atoms with Gasteiger partial charge in [-0.15, -0.1) is 5.56 Å². The van der Waals surface area contributed by atoms with E-state index in [-0.39, 0.29) is 23.7 Å². The summed E-state index contributed by atoms with van der Waals surface area (Å²) in [7, 11) is 0. The summed E-state index contributed by atoms with van der Waals surface area (Å²) in [5.74, 6) is 2.72. The first-order valence-corrected chi connectivity index (χ1v) is 7.05. The molecule has 0 amide bonds. The zero-order chi connectivity index (χ0) is 15.7. The maximum Gasteiger partial charge on any atom is 2.00 e. The molecule has 0 aliphatic heterocycles. The average Bonchev–Trinajstić information content (AvgIpc) is 3.29. The van der Waals surface area contributed by atoms with Crippen molar-refractivity contribution in [3.8, 4) is 12.0 Å². The van der Waals surface area contributed by atoms with E-state index >= 15 is 0 Å². The Morgan fingerprint density at radius 2 is 1.57 bits per heavy atom. The molecule has 0 fully saturated rings. The van der Waals surface area contributed by atoms with Crippen molar-refractivity contribution in [2.24, 2.45) is 0 Å². The summed E-state index contributed by atoms with van der Waals surface area (Å²) in [4.78, 5) is 0. The summed E-state index contributed by atoms with van der Waals surface area (Å²) >= 11 is 0. The SMILES string of the molecule is OC#CC(CO)(c1ccccc1)[c-]1cccc1.[Fe+2].c1cc[cH-]c1. The number of aliphatic hydroxyl groups excluding tert-OH is 2. The predicted molar refractivity (Wildman–Crippen MR) is 88.1 cm³/mol. The van der Waals surface area contributed by atoms with Crippen LogP contribution in [0.25, 0.3) is 0 Å². The van der Waals surface area contributed by atoms with Crippen LogP contribution in [0.15, 0.2) is 84.9 Å². The Bertz CT molecular complexity index is 674. The Balaban J connectivity index is 0.000000377. The number of benzene rings is 1. The molecule has 0 saturated carbocycles. The van der Waals surface area contributed by atoms with Crippen LogP contribution in [0.4, 0.5) is 0 Å². The second kappa shape index (κ2) is 9.71. The van der Waals surface area contributed by atoms with E-state index < -0.39 is 5.41 Å². The van der Waals surface area contributed by atoms with Crippen LogP contribution >= 0.6 is 0 Å². The van der Waals surface area contributed by atoms with Gasteiger partial charge in [-0.05, 0) is 5.56 Å². The van der Waals surface area contributed by atoms with Crippen molar-refractivity contribution < 1.29 is 27.3 Å². The molecular formula is C20H18FeO2. The van der Waals surface area contributed by atoms with Crippen molar-refractivity contribution in [2.75, 3.05) is 6.61 Å². The van der Waals surface area contributed by atoms with Crippen LogP contribution in [0, 0.1) is 12.0 Å². The van der Waals surface area contributed by atoms with Gasteiger partial charge in [0.1, 0.15) is 6.11 Å². The molecule has 0 aromatic heterocycles. The van der Waals surface area contributed by atoms with Gasteiger partial charge in [-0.25, -0.2) is 24.3 Å². The zero-order valence-corrected chi connectivity index (χ0v) is 13.6. The van der Waals surface area contributed by atoms with E-state index in [4.69, 9.17) is 5.11 Å². The van der Waals surface area contributed by atoms with E-state index in [1.807, 2.05) is 91.0 Å². The van der Waals surface area contributed by atoms with Crippen LogP contribution in [-0.2, 0) is 22.5 Å². The first-order valence-electron chi connectivity index (χ1n) is 7.05. The van der Waals surface area contributed by atoms with Crippen molar-refractivity contribution in [3.63, 3.8) is 0 Å². The zero-order valence-electron chi connectivity index (χ0n) is 12.5. The molecule has 3 rings (SSSR count). The summed E-state index contributed by atoms with van der Waals surface area (Å²) in [6.45, 7) is -0.172. The average molecular weight is 346 g/mol. The second-order valence-corrected chi connectivity index (χ2v) is 4.80. The van der Waals surface area contributed by atoms with E-state index in [2.05, 4.69) is 5.92 Å². The molecule has 3 aromatic carbocycles. The minimum atomic E-state index is -0.848. The van der Waals surface area contributed by atoms with Crippen LogP contribution < -0.4 is 0 Å². The van der Waals surface area contributed by atoms with Crippen LogP contribution in [0.3, 0.4) is 0 Å². The molecule has 0 heterocycles. The Morgan fingerprint density at radius 3 is 2.00 bits per heavy atom. The topological polar surface area (TPSA) is 40.5 Å². The smallest absolute Gasteiger partial charge is 0.462 e. The van der Waals surface area contributed by atoms with E-state index in [0.717, 1.165) is 11.1 Å². The summed E-state index contributed by atoms with van der Waals surface area (Å²) in [5, 5.41) is 18.6.